The smallest absolute Gasteiger partial charge is 0.260 e. The van der Waals surface area contributed by atoms with Gasteiger partial charge in [-0.1, -0.05) is 0 Å². The van der Waals surface area contributed by atoms with E-state index >= 15 is 0 Å². The number of carbonyl (C=O) groups excluding carboxylic acids is 2. The van der Waals surface area contributed by atoms with Gasteiger partial charge in [-0.25, -0.2) is 0 Å². The van der Waals surface area contributed by atoms with E-state index in [4.69, 9.17) is 4.74 Å². The highest BCUT2D eigenvalue weighted by Crippen LogP contribution is 2.14. The van der Waals surface area contributed by atoms with Crippen LogP contribution in [0.1, 0.15) is 24.2 Å². The predicted molar refractivity (Wildman–Crippen MR) is 60.6 cm³/mol. The van der Waals surface area contributed by atoms with Crippen LogP contribution in [0.25, 0.3) is 0 Å². The molecular formula is C12H15NO3. The molecule has 0 aliphatic rings. The number of ether oxygens (including phenoxy) is 1. The quantitative estimate of drug-likeness (QED) is 0.782. The Morgan fingerprint density at radius 1 is 1.25 bits per heavy atom. The molecule has 16 heavy (non-hydrogen) atoms. The van der Waals surface area contributed by atoms with E-state index in [1.165, 1.54) is 6.92 Å². The molecule has 0 fully saturated rings. The maximum absolute atomic E-state index is 11.2. The molecule has 1 amide bonds. The summed E-state index contributed by atoms with van der Waals surface area (Å²) in [5.41, 5.74) is 0.625. The molecule has 4 nitrogen and oxygen atoms in total. The number of nitrogens with one attached hydrogen (secondary N) is 1. The van der Waals surface area contributed by atoms with Crippen molar-refractivity contribution in [3.63, 3.8) is 0 Å². The van der Waals surface area contributed by atoms with Crippen LogP contribution in [-0.4, -0.2) is 24.8 Å². The van der Waals surface area contributed by atoms with Crippen LogP contribution in [-0.2, 0) is 4.79 Å². The van der Waals surface area contributed by atoms with Gasteiger partial charge in [0.25, 0.3) is 5.91 Å². The van der Waals surface area contributed by atoms with Crippen LogP contribution in [0.4, 0.5) is 0 Å². The summed E-state index contributed by atoms with van der Waals surface area (Å²) in [6.07, 6.45) is -0.548. The molecule has 0 spiro atoms. The zero-order valence-corrected chi connectivity index (χ0v) is 9.61. The minimum atomic E-state index is -0.548. The standard InChI is InChI=1S/C12H15NO3/c1-8(14)10-4-6-11(7-5-10)16-9(2)12(15)13-3/h4-7,9H,1-3H3,(H,13,15). The number of Topliss-reactive ketones (excluding diaryl/α,β-unsaturated/α-hetero) is 1. The highest BCUT2D eigenvalue weighted by molar-refractivity contribution is 5.94. The van der Waals surface area contributed by atoms with E-state index in [1.807, 2.05) is 0 Å². The van der Waals surface area contributed by atoms with Crippen molar-refractivity contribution in [2.75, 3.05) is 7.05 Å². The van der Waals surface area contributed by atoms with Crippen molar-refractivity contribution in [3.05, 3.63) is 29.8 Å². The van der Waals surface area contributed by atoms with E-state index in [1.54, 1.807) is 38.2 Å². The number of rotatable bonds is 4. The molecule has 0 heterocycles. The van der Waals surface area contributed by atoms with Crippen molar-refractivity contribution in [2.24, 2.45) is 0 Å². The lowest BCUT2D eigenvalue weighted by atomic mass is 10.1. The summed E-state index contributed by atoms with van der Waals surface area (Å²) in [7, 11) is 1.56. The molecule has 0 aliphatic heterocycles. The van der Waals surface area contributed by atoms with E-state index in [-0.39, 0.29) is 11.7 Å². The summed E-state index contributed by atoms with van der Waals surface area (Å²) in [5, 5.41) is 2.50. The molecule has 1 atom stereocenters. The van der Waals surface area contributed by atoms with Crippen LogP contribution in [0.2, 0.25) is 0 Å². The first-order valence-electron chi connectivity index (χ1n) is 5.04. The summed E-state index contributed by atoms with van der Waals surface area (Å²) in [5.74, 6) is 0.391. The molecule has 1 rings (SSSR count). The minimum Gasteiger partial charge on any atom is -0.481 e. The fraction of sp³-hybridized carbons (Fsp3) is 0.333. The molecule has 0 bridgehead atoms. The third-order valence-corrected chi connectivity index (χ3v) is 2.19. The monoisotopic (exact) mass is 221 g/mol. The van der Waals surface area contributed by atoms with Crippen molar-refractivity contribution < 1.29 is 14.3 Å². The van der Waals surface area contributed by atoms with E-state index < -0.39 is 6.10 Å². The van der Waals surface area contributed by atoms with Crippen LogP contribution in [0.3, 0.4) is 0 Å². The second-order valence-electron chi connectivity index (χ2n) is 3.45. The third-order valence-electron chi connectivity index (χ3n) is 2.19. The topological polar surface area (TPSA) is 55.4 Å². The maximum atomic E-state index is 11.2. The van der Waals surface area contributed by atoms with Crippen molar-refractivity contribution in [1.82, 2.24) is 5.32 Å². The Hall–Kier alpha value is -1.84. The highest BCUT2D eigenvalue weighted by Gasteiger charge is 2.12. The van der Waals surface area contributed by atoms with Gasteiger partial charge < -0.3 is 10.1 Å². The van der Waals surface area contributed by atoms with Gasteiger partial charge in [0.15, 0.2) is 11.9 Å². The Bertz CT molecular complexity index is 384. The number of hydrogen-bond acceptors (Lipinski definition) is 3. The lowest BCUT2D eigenvalue weighted by molar-refractivity contribution is -0.126. The number of hydrogen-bond donors (Lipinski definition) is 1. The van der Waals surface area contributed by atoms with Gasteiger partial charge >= 0.3 is 0 Å². The predicted octanol–water partition coefficient (Wildman–Crippen LogP) is 1.40. The molecule has 1 unspecified atom stereocenters. The first-order chi connectivity index (χ1) is 7.54. The Kier molecular flexibility index (Phi) is 4.05. The van der Waals surface area contributed by atoms with E-state index in [0.29, 0.717) is 11.3 Å². The second-order valence-corrected chi connectivity index (χ2v) is 3.45. The molecule has 1 N–H and O–H groups in total. The summed E-state index contributed by atoms with van der Waals surface area (Å²) >= 11 is 0. The van der Waals surface area contributed by atoms with Crippen LogP contribution in [0.5, 0.6) is 5.75 Å². The molecule has 1 aromatic rings. The number of carbonyl (C=O) groups is 2. The largest absolute Gasteiger partial charge is 0.481 e. The van der Waals surface area contributed by atoms with Gasteiger partial charge in [0, 0.05) is 12.6 Å². The van der Waals surface area contributed by atoms with Crippen LogP contribution in [0.15, 0.2) is 24.3 Å². The molecular weight excluding hydrogens is 206 g/mol. The lowest BCUT2D eigenvalue weighted by Gasteiger charge is -2.13. The maximum Gasteiger partial charge on any atom is 0.260 e. The molecule has 0 aliphatic carbocycles. The first kappa shape index (κ1) is 12.2. The Balaban J connectivity index is 2.68. The second kappa shape index (κ2) is 5.30. The van der Waals surface area contributed by atoms with E-state index in [0.717, 1.165) is 0 Å². The molecule has 4 heteroatoms. The van der Waals surface area contributed by atoms with Crippen molar-refractivity contribution in [2.45, 2.75) is 20.0 Å². The van der Waals surface area contributed by atoms with Gasteiger partial charge in [0.1, 0.15) is 5.75 Å². The molecule has 0 radical (unpaired) electrons. The molecule has 0 saturated heterocycles. The SMILES string of the molecule is CNC(=O)C(C)Oc1ccc(C(C)=O)cc1. The summed E-state index contributed by atoms with van der Waals surface area (Å²) in [6.45, 7) is 3.17. The molecule has 1 aromatic carbocycles. The number of ketones is 1. The number of likely N-dealkylation sites (N-methyl/N-ethyl adjacent to an activating group) is 1. The van der Waals surface area contributed by atoms with E-state index in [9.17, 15) is 9.59 Å². The van der Waals surface area contributed by atoms with Gasteiger partial charge in [0.05, 0.1) is 0 Å². The summed E-state index contributed by atoms with van der Waals surface area (Å²) < 4.78 is 5.38. The average molecular weight is 221 g/mol. The van der Waals surface area contributed by atoms with Crippen LogP contribution in [0, 0.1) is 0 Å². The van der Waals surface area contributed by atoms with Gasteiger partial charge in [-0.2, -0.15) is 0 Å². The first-order valence-corrected chi connectivity index (χ1v) is 5.04. The fourth-order valence-electron chi connectivity index (χ4n) is 1.23. The fourth-order valence-corrected chi connectivity index (χ4v) is 1.23. The van der Waals surface area contributed by atoms with Gasteiger partial charge in [-0.15, -0.1) is 0 Å². The van der Waals surface area contributed by atoms with E-state index in [2.05, 4.69) is 5.32 Å². The lowest BCUT2D eigenvalue weighted by Crippen LogP contribution is -2.33. The van der Waals surface area contributed by atoms with Crippen LogP contribution >= 0.6 is 0 Å². The Morgan fingerprint density at radius 3 is 2.25 bits per heavy atom. The summed E-state index contributed by atoms with van der Waals surface area (Å²) in [4.78, 5) is 22.2. The number of amides is 1. The molecule has 0 aromatic heterocycles. The normalized spacial score (nSPS) is 11.7. The van der Waals surface area contributed by atoms with Gasteiger partial charge in [-0.3, -0.25) is 9.59 Å². The zero-order chi connectivity index (χ0) is 12.1. The third kappa shape index (κ3) is 3.08. The van der Waals surface area contributed by atoms with Crippen LogP contribution < -0.4 is 10.1 Å². The van der Waals surface area contributed by atoms with Gasteiger partial charge in [-0.05, 0) is 38.1 Å². The minimum absolute atomic E-state index is 0.00546. The zero-order valence-electron chi connectivity index (χ0n) is 9.61. The summed E-state index contributed by atoms with van der Waals surface area (Å²) in [6, 6.07) is 6.70. The number of benzene rings is 1. The van der Waals surface area contributed by atoms with Crippen molar-refractivity contribution in [3.8, 4) is 5.75 Å². The van der Waals surface area contributed by atoms with Crippen molar-refractivity contribution >= 4 is 11.7 Å². The Morgan fingerprint density at radius 2 is 1.81 bits per heavy atom. The molecule has 86 valence electrons. The highest BCUT2D eigenvalue weighted by atomic mass is 16.5. The average Bonchev–Trinajstić information content (AvgIpc) is 2.28. The Labute approximate surface area is 94.6 Å². The van der Waals surface area contributed by atoms with Crippen molar-refractivity contribution in [1.29, 1.82) is 0 Å². The van der Waals surface area contributed by atoms with Gasteiger partial charge in [0.2, 0.25) is 0 Å². The molecule has 0 saturated carbocycles.